The molecule has 4 rings (SSSR count). The van der Waals surface area contributed by atoms with Gasteiger partial charge in [0.05, 0.1) is 35.3 Å². The molecule has 0 radical (unpaired) electrons. The van der Waals surface area contributed by atoms with Crippen LogP contribution in [-0.2, 0) is 28.7 Å². The van der Waals surface area contributed by atoms with Gasteiger partial charge in [0.15, 0.2) is 15.6 Å². The summed E-state index contributed by atoms with van der Waals surface area (Å²) in [6.07, 6.45) is -0.687. The first-order valence-electron chi connectivity index (χ1n) is 15.1. The Labute approximate surface area is 279 Å². The van der Waals surface area contributed by atoms with Gasteiger partial charge < -0.3 is 15.0 Å². The van der Waals surface area contributed by atoms with Crippen LogP contribution in [0.15, 0.2) is 53.3 Å². The van der Waals surface area contributed by atoms with Gasteiger partial charge in [0.1, 0.15) is 6.61 Å². The first-order chi connectivity index (χ1) is 21.9. The average Bonchev–Trinajstić information content (AvgIpc) is 3.48. The Morgan fingerprint density at radius 3 is 2.13 bits per heavy atom. The van der Waals surface area contributed by atoms with Gasteiger partial charge in [0.25, 0.3) is 0 Å². The molecular weight excluding hydrogens is 714 g/mol. The molecule has 0 spiro atoms. The van der Waals surface area contributed by atoms with Crippen molar-refractivity contribution in [2.45, 2.75) is 76.9 Å². The van der Waals surface area contributed by atoms with Crippen molar-refractivity contribution in [3.05, 3.63) is 75.5 Å². The van der Waals surface area contributed by atoms with E-state index in [1.54, 1.807) is 6.07 Å². The van der Waals surface area contributed by atoms with Crippen molar-refractivity contribution < 1.29 is 39.5 Å². The van der Waals surface area contributed by atoms with Crippen LogP contribution in [0, 0.1) is 5.92 Å². The summed E-state index contributed by atoms with van der Waals surface area (Å²) < 4.78 is 112. The molecule has 2 unspecified atom stereocenters. The second-order valence-electron chi connectivity index (χ2n) is 12.1. The van der Waals surface area contributed by atoms with E-state index in [1.807, 2.05) is 12.1 Å². The lowest BCUT2D eigenvalue weighted by atomic mass is 9.98. The molecule has 1 N–H and O–H groups in total. The monoisotopic (exact) mass is 750 g/mol. The fraction of sp³-hybridized carbons (Fsp3) is 0.500. The van der Waals surface area contributed by atoms with Crippen molar-refractivity contribution in [1.82, 2.24) is 9.97 Å². The lowest BCUT2D eigenvalue weighted by Crippen LogP contribution is -2.29. The number of sulfone groups is 1. The number of benzene rings is 2. The van der Waals surface area contributed by atoms with Gasteiger partial charge in [0, 0.05) is 29.0 Å². The van der Waals surface area contributed by atoms with E-state index in [-0.39, 0.29) is 48.3 Å². The zero-order valence-corrected chi connectivity index (χ0v) is 28.5. The molecular formula is C32H37BrF6N4O3S. The molecule has 0 aliphatic heterocycles. The normalized spacial score (nSPS) is 15.8. The highest BCUT2D eigenvalue weighted by molar-refractivity contribution is 9.10. The Morgan fingerprint density at radius 2 is 1.57 bits per heavy atom. The second kappa shape index (κ2) is 15.0. The van der Waals surface area contributed by atoms with Crippen LogP contribution in [0.2, 0.25) is 0 Å². The highest BCUT2D eigenvalue weighted by Crippen LogP contribution is 2.39. The summed E-state index contributed by atoms with van der Waals surface area (Å²) in [6, 6.07) is 6.08. The number of rotatable bonds is 13. The van der Waals surface area contributed by atoms with E-state index in [4.69, 9.17) is 4.74 Å². The first-order valence-corrected chi connectivity index (χ1v) is 18.0. The molecule has 1 aliphatic carbocycles. The molecule has 0 bridgehead atoms. The van der Waals surface area contributed by atoms with E-state index >= 15 is 0 Å². The number of hydrogen-bond acceptors (Lipinski definition) is 7. The summed E-state index contributed by atoms with van der Waals surface area (Å²) in [7, 11) is -3.29. The second-order valence-corrected chi connectivity index (χ2v) is 15.2. The molecule has 258 valence electrons. The minimum atomic E-state index is -5.01. The summed E-state index contributed by atoms with van der Waals surface area (Å²) in [6.45, 7) is 3.44. The lowest BCUT2D eigenvalue weighted by Gasteiger charge is -2.32. The van der Waals surface area contributed by atoms with Crippen molar-refractivity contribution in [3.63, 3.8) is 0 Å². The van der Waals surface area contributed by atoms with Gasteiger partial charge in [-0.2, -0.15) is 26.3 Å². The van der Waals surface area contributed by atoms with Crippen LogP contribution < -0.4 is 15.0 Å². The van der Waals surface area contributed by atoms with Crippen molar-refractivity contribution in [1.29, 1.82) is 0 Å². The van der Waals surface area contributed by atoms with Gasteiger partial charge in [-0.1, -0.05) is 47.7 Å². The Hall–Kier alpha value is -3.07. The van der Waals surface area contributed by atoms with E-state index < -0.39 is 39.4 Å². The molecule has 3 aromatic rings. The standard InChI is InChI=1S/C32H37BrF6N4O3S/c1-20(12-22-6-4-5-7-22)42-29-16-27(33)9-8-23(29)19-43(30-40-17-28(18-41-30)46-10-11-47(3,44)45)21(2)24-13-25(31(34,35)36)15-26(14-24)32(37,38)39/h8-9,13-18,20-22,42H,4-7,10-12,19H2,1-3H3. The zero-order valence-electron chi connectivity index (χ0n) is 26.1. The van der Waals surface area contributed by atoms with E-state index in [0.717, 1.165) is 28.4 Å². The fourth-order valence-corrected chi connectivity index (χ4v) is 6.45. The molecule has 15 heteroatoms. The molecule has 1 aromatic heterocycles. The number of hydrogen-bond donors (Lipinski definition) is 1. The van der Waals surface area contributed by atoms with Crippen LogP contribution in [-0.4, -0.2) is 43.0 Å². The molecule has 1 fully saturated rings. The Morgan fingerprint density at radius 1 is 0.979 bits per heavy atom. The van der Waals surface area contributed by atoms with Gasteiger partial charge >= 0.3 is 12.4 Å². The lowest BCUT2D eigenvalue weighted by molar-refractivity contribution is -0.143. The highest BCUT2D eigenvalue weighted by atomic mass is 79.9. The van der Waals surface area contributed by atoms with Crippen LogP contribution in [0.1, 0.15) is 74.2 Å². The Kier molecular flexibility index (Phi) is 11.7. The SMILES string of the molecule is CC(CC1CCCC1)Nc1cc(Br)ccc1CN(c1ncc(OCCS(C)(=O)=O)cn1)C(C)c1cc(C(F)(F)F)cc(C(F)(F)F)c1. The molecule has 2 atom stereocenters. The summed E-state index contributed by atoms with van der Waals surface area (Å²) in [5, 5.41) is 3.55. The van der Waals surface area contributed by atoms with Crippen molar-refractivity contribution in [2.24, 2.45) is 5.92 Å². The van der Waals surface area contributed by atoms with Crippen molar-refractivity contribution in [2.75, 3.05) is 28.8 Å². The van der Waals surface area contributed by atoms with Gasteiger partial charge in [-0.05, 0) is 67.6 Å². The number of halogens is 7. The third-order valence-electron chi connectivity index (χ3n) is 8.13. The number of ether oxygens (including phenoxy) is 1. The number of aromatic nitrogens is 2. The molecule has 47 heavy (non-hydrogen) atoms. The number of nitrogens with zero attached hydrogens (tertiary/aromatic N) is 3. The average molecular weight is 752 g/mol. The number of alkyl halides is 6. The minimum absolute atomic E-state index is 0.0202. The molecule has 1 aliphatic rings. The quantitative estimate of drug-likeness (QED) is 0.175. The predicted molar refractivity (Wildman–Crippen MR) is 172 cm³/mol. The molecule has 7 nitrogen and oxygen atoms in total. The summed E-state index contributed by atoms with van der Waals surface area (Å²) in [5.41, 5.74) is -1.60. The highest BCUT2D eigenvalue weighted by Gasteiger charge is 2.38. The third kappa shape index (κ3) is 10.7. The van der Waals surface area contributed by atoms with E-state index in [0.29, 0.717) is 18.1 Å². The maximum Gasteiger partial charge on any atom is 0.416 e. The summed E-state index contributed by atoms with van der Waals surface area (Å²) in [4.78, 5) is 10.2. The summed E-state index contributed by atoms with van der Waals surface area (Å²) in [5.74, 6) is 0.537. The zero-order chi connectivity index (χ0) is 34.6. The molecule has 1 heterocycles. The van der Waals surface area contributed by atoms with Crippen molar-refractivity contribution in [3.8, 4) is 5.75 Å². The molecule has 2 aromatic carbocycles. The van der Waals surface area contributed by atoms with Gasteiger partial charge in [-0.25, -0.2) is 18.4 Å². The van der Waals surface area contributed by atoms with E-state index in [2.05, 4.69) is 38.1 Å². The minimum Gasteiger partial charge on any atom is -0.489 e. The van der Waals surface area contributed by atoms with Gasteiger partial charge in [-0.15, -0.1) is 0 Å². The van der Waals surface area contributed by atoms with Crippen LogP contribution in [0.3, 0.4) is 0 Å². The number of anilines is 2. The van der Waals surface area contributed by atoms with Crippen LogP contribution >= 0.6 is 15.9 Å². The summed E-state index contributed by atoms with van der Waals surface area (Å²) >= 11 is 3.50. The van der Waals surface area contributed by atoms with Crippen molar-refractivity contribution >= 4 is 37.4 Å². The fourth-order valence-electron chi connectivity index (χ4n) is 5.70. The smallest absolute Gasteiger partial charge is 0.416 e. The third-order valence-corrected chi connectivity index (χ3v) is 9.53. The molecule has 1 saturated carbocycles. The van der Waals surface area contributed by atoms with E-state index in [1.165, 1.54) is 49.9 Å². The Bertz CT molecular complexity index is 1580. The van der Waals surface area contributed by atoms with Crippen LogP contribution in [0.5, 0.6) is 5.75 Å². The van der Waals surface area contributed by atoms with Gasteiger partial charge in [-0.3, -0.25) is 0 Å². The maximum absolute atomic E-state index is 13.8. The van der Waals surface area contributed by atoms with Crippen LogP contribution in [0.4, 0.5) is 38.0 Å². The van der Waals surface area contributed by atoms with E-state index in [9.17, 15) is 34.8 Å². The topological polar surface area (TPSA) is 84.4 Å². The Balaban J connectivity index is 1.72. The van der Waals surface area contributed by atoms with Crippen LogP contribution in [0.25, 0.3) is 0 Å². The number of nitrogens with one attached hydrogen (secondary N) is 1. The van der Waals surface area contributed by atoms with Gasteiger partial charge in [0.2, 0.25) is 5.95 Å². The maximum atomic E-state index is 13.8. The first kappa shape index (κ1) is 36.8. The molecule has 0 amide bonds. The predicted octanol–water partition coefficient (Wildman–Crippen LogP) is 8.85. The molecule has 0 saturated heterocycles. The largest absolute Gasteiger partial charge is 0.489 e.